The van der Waals surface area contributed by atoms with Gasteiger partial charge in [-0.15, -0.1) is 5.10 Å². The third-order valence-electron chi connectivity index (χ3n) is 3.40. The number of anilines is 1. The molecular formula is C15H27N5O2. The number of aromatic amines is 1. The van der Waals surface area contributed by atoms with E-state index in [2.05, 4.69) is 40.9 Å². The number of carbonyl (C=O) groups is 1. The highest BCUT2D eigenvalue weighted by Gasteiger charge is 2.28. The number of hydrogen-bond acceptors (Lipinski definition) is 5. The van der Waals surface area contributed by atoms with Gasteiger partial charge in [-0.25, -0.2) is 4.79 Å². The molecule has 1 aliphatic rings. The minimum absolute atomic E-state index is 0.0520. The van der Waals surface area contributed by atoms with E-state index in [0.29, 0.717) is 32.1 Å². The van der Waals surface area contributed by atoms with Crippen molar-refractivity contribution in [2.45, 2.75) is 52.6 Å². The average Bonchev–Trinajstić information content (AvgIpc) is 2.86. The second-order valence-corrected chi connectivity index (χ2v) is 7.69. The van der Waals surface area contributed by atoms with E-state index in [4.69, 9.17) is 4.74 Å². The van der Waals surface area contributed by atoms with Gasteiger partial charge in [0, 0.05) is 31.6 Å². The average molecular weight is 309 g/mol. The molecule has 0 atom stereocenters. The summed E-state index contributed by atoms with van der Waals surface area (Å²) in [6.07, 6.45) is -0.252. The van der Waals surface area contributed by atoms with Crippen LogP contribution in [0.1, 0.15) is 47.4 Å². The lowest BCUT2D eigenvalue weighted by atomic mass is 9.96. The van der Waals surface area contributed by atoms with E-state index in [1.165, 1.54) is 0 Å². The third kappa shape index (κ3) is 4.11. The molecule has 0 bridgehead atoms. The van der Waals surface area contributed by atoms with E-state index in [1.54, 1.807) is 4.90 Å². The Hall–Kier alpha value is -1.79. The van der Waals surface area contributed by atoms with Gasteiger partial charge in [-0.2, -0.15) is 4.98 Å². The maximum absolute atomic E-state index is 12.0. The highest BCUT2D eigenvalue weighted by atomic mass is 16.6. The van der Waals surface area contributed by atoms with Gasteiger partial charge < -0.3 is 14.5 Å². The first-order chi connectivity index (χ1) is 10.1. The summed E-state index contributed by atoms with van der Waals surface area (Å²) < 4.78 is 5.40. The SMILES string of the molecule is CC(C)(C)OC(=O)N1CCN(c2n[nH]c(C(C)(C)C)n2)CC1. The minimum Gasteiger partial charge on any atom is -0.444 e. The number of piperazine rings is 1. The van der Waals surface area contributed by atoms with Crippen molar-refractivity contribution < 1.29 is 9.53 Å². The van der Waals surface area contributed by atoms with Crippen LogP contribution in [-0.2, 0) is 10.2 Å². The molecule has 124 valence electrons. The molecular weight excluding hydrogens is 282 g/mol. The van der Waals surface area contributed by atoms with Crippen LogP contribution in [0.5, 0.6) is 0 Å². The lowest BCUT2D eigenvalue weighted by Gasteiger charge is -2.35. The van der Waals surface area contributed by atoms with Crippen LogP contribution >= 0.6 is 0 Å². The zero-order valence-electron chi connectivity index (χ0n) is 14.4. The summed E-state index contributed by atoms with van der Waals surface area (Å²) in [6, 6.07) is 0. The van der Waals surface area contributed by atoms with E-state index in [1.807, 2.05) is 20.8 Å². The Morgan fingerprint density at radius 2 is 1.68 bits per heavy atom. The maximum atomic E-state index is 12.0. The summed E-state index contributed by atoms with van der Waals surface area (Å²) >= 11 is 0. The lowest BCUT2D eigenvalue weighted by molar-refractivity contribution is 0.0240. The van der Waals surface area contributed by atoms with Crippen LogP contribution < -0.4 is 4.90 Å². The van der Waals surface area contributed by atoms with Gasteiger partial charge >= 0.3 is 6.09 Å². The summed E-state index contributed by atoms with van der Waals surface area (Å²) in [5.74, 6) is 1.57. The molecule has 1 amide bonds. The highest BCUT2D eigenvalue weighted by Crippen LogP contribution is 2.21. The molecule has 0 aliphatic carbocycles. The number of rotatable bonds is 1. The number of hydrogen-bond donors (Lipinski definition) is 1. The minimum atomic E-state index is -0.459. The van der Waals surface area contributed by atoms with Crippen LogP contribution in [0.2, 0.25) is 0 Å². The molecule has 0 spiro atoms. The van der Waals surface area contributed by atoms with E-state index in [-0.39, 0.29) is 11.5 Å². The standard InChI is InChI=1S/C15H27N5O2/c1-14(2,3)11-16-12(18-17-11)19-7-9-20(10-8-19)13(21)22-15(4,5)6/h7-10H2,1-6H3,(H,16,17,18). The molecule has 1 N–H and O–H groups in total. The lowest BCUT2D eigenvalue weighted by Crippen LogP contribution is -2.50. The van der Waals surface area contributed by atoms with Crippen molar-refractivity contribution in [3.63, 3.8) is 0 Å². The van der Waals surface area contributed by atoms with Gasteiger partial charge in [-0.1, -0.05) is 20.8 Å². The first-order valence-corrected chi connectivity index (χ1v) is 7.72. The van der Waals surface area contributed by atoms with Gasteiger partial charge in [0.1, 0.15) is 11.4 Å². The highest BCUT2D eigenvalue weighted by molar-refractivity contribution is 5.68. The van der Waals surface area contributed by atoms with Gasteiger partial charge in [-0.3, -0.25) is 5.10 Å². The smallest absolute Gasteiger partial charge is 0.410 e. The fraction of sp³-hybridized carbons (Fsp3) is 0.800. The molecule has 7 heteroatoms. The Bertz CT molecular complexity index is 519. The zero-order chi connectivity index (χ0) is 16.5. The monoisotopic (exact) mass is 309 g/mol. The largest absolute Gasteiger partial charge is 0.444 e. The van der Waals surface area contributed by atoms with Crippen molar-refractivity contribution in [2.24, 2.45) is 0 Å². The fourth-order valence-corrected chi connectivity index (χ4v) is 2.15. The van der Waals surface area contributed by atoms with Crippen molar-refractivity contribution >= 4 is 12.0 Å². The van der Waals surface area contributed by atoms with Gasteiger partial charge in [0.25, 0.3) is 0 Å². The summed E-state index contributed by atoms with van der Waals surface area (Å²) in [7, 11) is 0. The second-order valence-electron chi connectivity index (χ2n) is 7.69. The Balaban J connectivity index is 1.92. The number of amides is 1. The quantitative estimate of drug-likeness (QED) is 0.860. The molecule has 0 unspecified atom stereocenters. The molecule has 1 aromatic heterocycles. The Labute approximate surface area is 132 Å². The Kier molecular flexibility index (Phi) is 4.35. The number of nitrogens with zero attached hydrogens (tertiary/aromatic N) is 4. The number of carbonyl (C=O) groups excluding carboxylic acids is 1. The third-order valence-corrected chi connectivity index (χ3v) is 3.40. The number of aromatic nitrogens is 3. The maximum Gasteiger partial charge on any atom is 0.410 e. The predicted molar refractivity (Wildman–Crippen MR) is 85.1 cm³/mol. The number of H-pyrrole nitrogens is 1. The summed E-state index contributed by atoms with van der Waals surface area (Å²) in [6.45, 7) is 14.6. The van der Waals surface area contributed by atoms with Crippen LogP contribution in [0.4, 0.5) is 10.7 Å². The fourth-order valence-electron chi connectivity index (χ4n) is 2.15. The summed E-state index contributed by atoms with van der Waals surface area (Å²) in [5, 5.41) is 7.29. The molecule has 0 saturated carbocycles. The van der Waals surface area contributed by atoms with E-state index < -0.39 is 5.60 Å². The van der Waals surface area contributed by atoms with E-state index in [9.17, 15) is 4.79 Å². The molecule has 2 heterocycles. The topological polar surface area (TPSA) is 74.3 Å². The van der Waals surface area contributed by atoms with Crippen LogP contribution in [0.3, 0.4) is 0 Å². The van der Waals surface area contributed by atoms with Crippen LogP contribution in [0, 0.1) is 0 Å². The van der Waals surface area contributed by atoms with Gasteiger partial charge in [0.2, 0.25) is 5.95 Å². The summed E-state index contributed by atoms with van der Waals surface area (Å²) in [4.78, 5) is 20.4. The predicted octanol–water partition coefficient (Wildman–Crippen LogP) is 2.16. The number of nitrogens with one attached hydrogen (secondary N) is 1. The first kappa shape index (κ1) is 16.6. The van der Waals surface area contributed by atoms with Crippen molar-refractivity contribution in [3.05, 3.63) is 5.82 Å². The normalized spacial score (nSPS) is 16.8. The van der Waals surface area contributed by atoms with Gasteiger partial charge in [-0.05, 0) is 20.8 Å². The molecule has 1 saturated heterocycles. The molecule has 1 fully saturated rings. The van der Waals surface area contributed by atoms with Gasteiger partial charge in [0.05, 0.1) is 0 Å². The van der Waals surface area contributed by atoms with Crippen molar-refractivity contribution in [1.82, 2.24) is 20.1 Å². The van der Waals surface area contributed by atoms with E-state index >= 15 is 0 Å². The van der Waals surface area contributed by atoms with Crippen molar-refractivity contribution in [3.8, 4) is 0 Å². The molecule has 1 aliphatic heterocycles. The summed E-state index contributed by atoms with van der Waals surface area (Å²) in [5.41, 5.74) is -0.511. The van der Waals surface area contributed by atoms with Crippen molar-refractivity contribution in [1.29, 1.82) is 0 Å². The van der Waals surface area contributed by atoms with Crippen LogP contribution in [-0.4, -0.2) is 58.0 Å². The zero-order valence-corrected chi connectivity index (χ0v) is 14.4. The molecule has 0 aromatic carbocycles. The van der Waals surface area contributed by atoms with Crippen LogP contribution in [0.25, 0.3) is 0 Å². The molecule has 2 rings (SSSR count). The van der Waals surface area contributed by atoms with Crippen LogP contribution in [0.15, 0.2) is 0 Å². The Morgan fingerprint density at radius 1 is 1.09 bits per heavy atom. The first-order valence-electron chi connectivity index (χ1n) is 7.72. The van der Waals surface area contributed by atoms with E-state index in [0.717, 1.165) is 5.82 Å². The Morgan fingerprint density at radius 3 is 2.14 bits per heavy atom. The van der Waals surface area contributed by atoms with Gasteiger partial charge in [0.15, 0.2) is 0 Å². The molecule has 22 heavy (non-hydrogen) atoms. The molecule has 1 aromatic rings. The molecule has 0 radical (unpaired) electrons. The number of ether oxygens (including phenoxy) is 1. The van der Waals surface area contributed by atoms with Crippen molar-refractivity contribution in [2.75, 3.05) is 31.1 Å². The molecule has 7 nitrogen and oxygen atoms in total. The second kappa shape index (κ2) is 5.78.